The van der Waals surface area contributed by atoms with Gasteiger partial charge in [0.05, 0.1) is 0 Å². The fraction of sp³-hybridized carbons (Fsp3) is 0.625. The van der Waals surface area contributed by atoms with E-state index in [-0.39, 0.29) is 5.82 Å². The van der Waals surface area contributed by atoms with Gasteiger partial charge in [0, 0.05) is 12.2 Å². The molecule has 0 bridgehead atoms. The Bertz CT molecular complexity index is 857. The van der Waals surface area contributed by atoms with Crippen LogP contribution in [0.1, 0.15) is 120 Å². The number of rotatable bonds is 10. The summed E-state index contributed by atoms with van der Waals surface area (Å²) in [6.07, 6.45) is 17.6. The van der Waals surface area contributed by atoms with Crippen LogP contribution in [0, 0.1) is 17.7 Å². The summed E-state index contributed by atoms with van der Waals surface area (Å²) in [6, 6.07) is 14.7. The zero-order valence-corrected chi connectivity index (χ0v) is 21.3. The Kier molecular flexibility index (Phi) is 9.62. The molecular formula is C32H45FO. The molecular weight excluding hydrogens is 419 g/mol. The lowest BCUT2D eigenvalue weighted by Crippen LogP contribution is -2.14. The van der Waals surface area contributed by atoms with Gasteiger partial charge in [-0.25, -0.2) is 4.39 Å². The van der Waals surface area contributed by atoms with Gasteiger partial charge in [-0.3, -0.25) is 0 Å². The minimum Gasteiger partial charge on any atom is -0.396 e. The minimum absolute atomic E-state index is 0.0697. The van der Waals surface area contributed by atoms with E-state index in [9.17, 15) is 0 Å². The van der Waals surface area contributed by atoms with Gasteiger partial charge in [0.2, 0.25) is 0 Å². The van der Waals surface area contributed by atoms with Crippen molar-refractivity contribution in [1.29, 1.82) is 0 Å². The Morgan fingerprint density at radius 2 is 1.26 bits per heavy atom. The lowest BCUT2D eigenvalue weighted by molar-refractivity contribution is 0.246. The van der Waals surface area contributed by atoms with Crippen LogP contribution in [0.2, 0.25) is 0 Å². The van der Waals surface area contributed by atoms with Crippen molar-refractivity contribution < 1.29 is 9.50 Å². The average Bonchev–Trinajstić information content (AvgIpc) is 2.88. The van der Waals surface area contributed by atoms with Gasteiger partial charge < -0.3 is 5.11 Å². The smallest absolute Gasteiger partial charge is 0.131 e. The number of hydrogen-bond donors (Lipinski definition) is 1. The van der Waals surface area contributed by atoms with Crippen molar-refractivity contribution in [3.8, 4) is 11.1 Å². The highest BCUT2D eigenvalue weighted by Crippen LogP contribution is 2.40. The maximum absolute atomic E-state index is 15.2. The molecule has 0 spiro atoms. The first kappa shape index (κ1) is 25.4. The van der Waals surface area contributed by atoms with Crippen LogP contribution in [0.5, 0.6) is 0 Å². The van der Waals surface area contributed by atoms with Crippen LogP contribution in [-0.2, 0) is 0 Å². The van der Waals surface area contributed by atoms with Gasteiger partial charge in [0.1, 0.15) is 5.82 Å². The lowest BCUT2D eigenvalue weighted by Gasteiger charge is -2.29. The molecule has 1 N–H and O–H groups in total. The van der Waals surface area contributed by atoms with E-state index in [0.717, 1.165) is 35.8 Å². The van der Waals surface area contributed by atoms with Gasteiger partial charge in [-0.1, -0.05) is 69.0 Å². The van der Waals surface area contributed by atoms with Crippen LogP contribution in [0.15, 0.2) is 42.5 Å². The number of aliphatic hydroxyl groups is 1. The highest BCUT2D eigenvalue weighted by molar-refractivity contribution is 5.65. The van der Waals surface area contributed by atoms with E-state index in [4.69, 9.17) is 5.11 Å². The highest BCUT2D eigenvalue weighted by Gasteiger charge is 2.24. The van der Waals surface area contributed by atoms with Crippen molar-refractivity contribution in [2.24, 2.45) is 11.8 Å². The Morgan fingerprint density at radius 3 is 1.82 bits per heavy atom. The summed E-state index contributed by atoms with van der Waals surface area (Å²) in [5, 5.41) is 9.06. The lowest BCUT2D eigenvalue weighted by atomic mass is 9.76. The predicted octanol–water partition coefficient (Wildman–Crippen LogP) is 9.39. The summed E-state index contributed by atoms with van der Waals surface area (Å²) in [7, 11) is 0. The van der Waals surface area contributed by atoms with Gasteiger partial charge in [0.15, 0.2) is 0 Å². The molecule has 2 heteroatoms. The third-order valence-corrected chi connectivity index (χ3v) is 8.84. The molecule has 0 saturated heterocycles. The summed E-state index contributed by atoms with van der Waals surface area (Å²) >= 11 is 0. The van der Waals surface area contributed by atoms with Crippen LogP contribution in [0.25, 0.3) is 11.1 Å². The third-order valence-electron chi connectivity index (χ3n) is 8.84. The van der Waals surface area contributed by atoms with E-state index in [1.807, 2.05) is 12.1 Å². The van der Waals surface area contributed by atoms with Crippen molar-refractivity contribution in [1.82, 2.24) is 0 Å². The standard InChI is InChI=1S/C32H45FO/c1-2-3-4-6-24-10-14-28(15-11-24)30-20-21-31(32(33)23-30)29-18-16-27(17-19-29)26-12-8-25(9-13-26)7-5-22-34/h16-21,23-26,28,34H,2-15,22H2,1H3. The molecule has 2 saturated carbocycles. The molecule has 0 amide bonds. The van der Waals surface area contributed by atoms with Crippen molar-refractivity contribution in [3.05, 3.63) is 59.4 Å². The fourth-order valence-corrected chi connectivity index (χ4v) is 6.59. The summed E-state index contributed by atoms with van der Waals surface area (Å²) < 4.78 is 15.2. The molecule has 0 aliphatic heterocycles. The number of benzene rings is 2. The van der Waals surface area contributed by atoms with Gasteiger partial charge in [-0.05, 0) is 111 Å². The number of halogens is 1. The zero-order chi connectivity index (χ0) is 23.8. The quantitative estimate of drug-likeness (QED) is 0.347. The van der Waals surface area contributed by atoms with Crippen LogP contribution in [0.4, 0.5) is 4.39 Å². The molecule has 2 aromatic rings. The molecule has 2 aliphatic rings. The monoisotopic (exact) mass is 464 g/mol. The molecule has 186 valence electrons. The molecule has 0 heterocycles. The Balaban J connectivity index is 1.32. The van der Waals surface area contributed by atoms with Crippen LogP contribution in [-0.4, -0.2) is 11.7 Å². The molecule has 0 radical (unpaired) electrons. The van der Waals surface area contributed by atoms with Crippen molar-refractivity contribution >= 4 is 0 Å². The summed E-state index contributed by atoms with van der Waals surface area (Å²) in [5.74, 6) is 2.76. The second kappa shape index (κ2) is 12.9. The SMILES string of the molecule is CCCCCC1CCC(c2ccc(-c3ccc(C4CCC(CCCO)CC4)cc3)c(F)c2)CC1. The van der Waals surface area contributed by atoms with Crippen LogP contribution >= 0.6 is 0 Å². The van der Waals surface area contributed by atoms with E-state index in [2.05, 4.69) is 37.3 Å². The second-order valence-corrected chi connectivity index (χ2v) is 11.2. The van der Waals surface area contributed by atoms with Gasteiger partial charge in [-0.15, -0.1) is 0 Å². The average molecular weight is 465 g/mol. The Morgan fingerprint density at radius 1 is 0.706 bits per heavy atom. The van der Waals surface area contributed by atoms with E-state index in [1.165, 1.54) is 88.2 Å². The number of unbranched alkanes of at least 4 members (excludes halogenated alkanes) is 2. The second-order valence-electron chi connectivity index (χ2n) is 11.2. The molecule has 34 heavy (non-hydrogen) atoms. The van der Waals surface area contributed by atoms with Crippen molar-refractivity contribution in [3.63, 3.8) is 0 Å². The first-order valence-electron chi connectivity index (χ1n) is 14.2. The normalized spacial score (nSPS) is 25.4. The van der Waals surface area contributed by atoms with Crippen LogP contribution in [0.3, 0.4) is 0 Å². The molecule has 2 aromatic carbocycles. The van der Waals surface area contributed by atoms with E-state index in [0.29, 0.717) is 18.4 Å². The maximum atomic E-state index is 15.2. The van der Waals surface area contributed by atoms with E-state index < -0.39 is 0 Å². The first-order chi connectivity index (χ1) is 16.7. The van der Waals surface area contributed by atoms with Gasteiger partial charge in [0.25, 0.3) is 0 Å². The molecule has 2 fully saturated rings. The van der Waals surface area contributed by atoms with E-state index in [1.54, 1.807) is 0 Å². The highest BCUT2D eigenvalue weighted by atomic mass is 19.1. The molecule has 4 rings (SSSR count). The Hall–Kier alpha value is -1.67. The Labute approximate surface area is 207 Å². The minimum atomic E-state index is -0.0697. The summed E-state index contributed by atoms with van der Waals surface area (Å²) in [6.45, 7) is 2.59. The molecule has 0 unspecified atom stereocenters. The first-order valence-corrected chi connectivity index (χ1v) is 14.2. The van der Waals surface area contributed by atoms with Gasteiger partial charge in [-0.2, -0.15) is 0 Å². The predicted molar refractivity (Wildman–Crippen MR) is 142 cm³/mol. The number of hydrogen-bond acceptors (Lipinski definition) is 1. The van der Waals surface area contributed by atoms with Crippen molar-refractivity contribution in [2.45, 2.75) is 109 Å². The fourth-order valence-electron chi connectivity index (χ4n) is 6.59. The molecule has 0 atom stereocenters. The maximum Gasteiger partial charge on any atom is 0.131 e. The summed E-state index contributed by atoms with van der Waals surface area (Å²) in [4.78, 5) is 0. The molecule has 2 aliphatic carbocycles. The molecule has 1 nitrogen and oxygen atoms in total. The third kappa shape index (κ3) is 6.72. The van der Waals surface area contributed by atoms with Crippen molar-refractivity contribution in [2.75, 3.05) is 6.61 Å². The zero-order valence-electron chi connectivity index (χ0n) is 21.3. The van der Waals surface area contributed by atoms with Gasteiger partial charge >= 0.3 is 0 Å². The molecule has 0 aromatic heterocycles. The topological polar surface area (TPSA) is 20.2 Å². The van der Waals surface area contributed by atoms with Crippen LogP contribution < -0.4 is 0 Å². The van der Waals surface area contributed by atoms with E-state index >= 15 is 4.39 Å². The summed E-state index contributed by atoms with van der Waals surface area (Å²) in [5.41, 5.74) is 4.32. The largest absolute Gasteiger partial charge is 0.396 e. The number of aliphatic hydroxyl groups excluding tert-OH is 1.